The van der Waals surface area contributed by atoms with Crippen molar-refractivity contribution < 1.29 is 37.8 Å². The van der Waals surface area contributed by atoms with Gasteiger partial charge in [-0.1, -0.05) is 64.1 Å². The molecule has 0 aromatic heterocycles. The monoisotopic (exact) mass is 638 g/mol. The number of hydrogen-bond acceptors (Lipinski definition) is 9. The lowest BCUT2D eigenvalue weighted by Crippen LogP contribution is -2.39. The van der Waals surface area contributed by atoms with Gasteiger partial charge in [-0.05, 0) is 78.8 Å². The first-order valence-electron chi connectivity index (χ1n) is 13.7. The van der Waals surface area contributed by atoms with E-state index in [1.54, 1.807) is 43.3 Å². The summed E-state index contributed by atoms with van der Waals surface area (Å²) in [5, 5.41) is 0. The summed E-state index contributed by atoms with van der Waals surface area (Å²) in [4.78, 5) is -0.253. The Kier molecular flexibility index (Phi) is 11.5. The normalized spacial score (nSPS) is 12.9. The molecule has 0 radical (unpaired) electrons. The van der Waals surface area contributed by atoms with Gasteiger partial charge >= 0.3 is 0 Å². The van der Waals surface area contributed by atoms with Gasteiger partial charge in [-0.25, -0.2) is 0 Å². The topological polar surface area (TPSA) is 130 Å². The summed E-state index contributed by atoms with van der Waals surface area (Å²) in [5.74, 6) is 0. The van der Waals surface area contributed by atoms with Crippen molar-refractivity contribution in [3.05, 3.63) is 89.5 Å². The van der Waals surface area contributed by atoms with E-state index in [2.05, 4.69) is 0 Å². The van der Waals surface area contributed by atoms with Crippen molar-refractivity contribution in [2.75, 3.05) is 19.8 Å². The van der Waals surface area contributed by atoms with Crippen LogP contribution in [0.15, 0.2) is 87.5 Å². The second kappa shape index (κ2) is 14.2. The van der Waals surface area contributed by atoms with Gasteiger partial charge in [0.05, 0.1) is 34.5 Å². The van der Waals surface area contributed by atoms with E-state index in [1.807, 2.05) is 20.8 Å². The number of hydrogen-bond donors (Lipinski definition) is 0. The van der Waals surface area contributed by atoms with Gasteiger partial charge in [0.1, 0.15) is 0 Å². The molecule has 0 atom stereocenters. The molecule has 0 spiro atoms. The van der Waals surface area contributed by atoms with Gasteiger partial charge in [0.15, 0.2) is 0 Å². The first-order valence-corrected chi connectivity index (χ1v) is 18.0. The van der Waals surface area contributed by atoms with Gasteiger partial charge in [0, 0.05) is 5.41 Å². The predicted molar refractivity (Wildman–Crippen MR) is 160 cm³/mol. The molecular weight excluding hydrogens is 601 g/mol. The van der Waals surface area contributed by atoms with E-state index < -0.39 is 55.6 Å². The van der Waals surface area contributed by atoms with Crippen LogP contribution in [-0.2, 0) is 62.2 Å². The molecule has 0 heterocycles. The van der Waals surface area contributed by atoms with Gasteiger partial charge in [0.2, 0.25) is 0 Å². The predicted octanol–water partition coefficient (Wildman–Crippen LogP) is 5.29. The van der Waals surface area contributed by atoms with Crippen LogP contribution in [0.1, 0.15) is 50.8 Å². The van der Waals surface area contributed by atoms with E-state index in [1.165, 1.54) is 36.4 Å². The zero-order valence-electron chi connectivity index (χ0n) is 24.3. The average Bonchev–Trinajstić information content (AvgIpc) is 3.01. The van der Waals surface area contributed by atoms with Crippen LogP contribution in [0.5, 0.6) is 0 Å². The van der Waals surface area contributed by atoms with Gasteiger partial charge in [-0.3, -0.25) is 12.5 Å². The van der Waals surface area contributed by atoms with Crippen molar-refractivity contribution in [2.45, 2.75) is 68.1 Å². The lowest BCUT2D eigenvalue weighted by atomic mass is 9.88. The molecule has 0 N–H and O–H groups in total. The van der Waals surface area contributed by atoms with Crippen LogP contribution in [0.4, 0.5) is 0 Å². The van der Waals surface area contributed by atoms with Crippen molar-refractivity contribution in [2.24, 2.45) is 5.41 Å². The highest BCUT2D eigenvalue weighted by atomic mass is 32.2. The molecule has 0 amide bonds. The van der Waals surface area contributed by atoms with Gasteiger partial charge < -0.3 is 0 Å². The first kappa shape index (κ1) is 33.9. The highest BCUT2D eigenvalue weighted by Crippen LogP contribution is 2.30. The Morgan fingerprint density at radius 1 is 0.452 bits per heavy atom. The van der Waals surface area contributed by atoms with Crippen molar-refractivity contribution in [1.29, 1.82) is 0 Å². The molecule has 3 aromatic carbocycles. The molecule has 12 heteroatoms. The van der Waals surface area contributed by atoms with Gasteiger partial charge in [0.25, 0.3) is 30.4 Å². The second-order valence-corrected chi connectivity index (χ2v) is 14.8. The number of aryl methyl sites for hydroxylation is 3. The molecule has 0 aliphatic carbocycles. The van der Waals surface area contributed by atoms with Gasteiger partial charge in [-0.15, -0.1) is 0 Å². The fourth-order valence-electron chi connectivity index (χ4n) is 3.92. The standard InChI is InChI=1S/C30H38O9S3/c1-5-24-9-15-27(16-10-24)40(31,32)37-21-30(8-4,22-38-41(33,34)28-17-11-25(6-2)12-18-28)23-39-42(35,36)29-19-13-26(7-3)14-20-29/h9-20H,5-8,21-23H2,1-4H3. The molecule has 0 aliphatic heterocycles. The Morgan fingerprint density at radius 2 is 0.690 bits per heavy atom. The molecular formula is C30H38O9S3. The molecule has 0 saturated carbocycles. The Hall–Kier alpha value is -2.61. The zero-order valence-corrected chi connectivity index (χ0v) is 26.7. The number of rotatable bonds is 16. The maximum atomic E-state index is 13.0. The SMILES string of the molecule is CCc1ccc(S(=O)(=O)OCC(CC)(COS(=O)(=O)c2ccc(CC)cc2)COS(=O)(=O)c2ccc(CC)cc2)cc1. The summed E-state index contributed by atoms with van der Waals surface area (Å²) >= 11 is 0. The van der Waals surface area contributed by atoms with Crippen molar-refractivity contribution in [1.82, 2.24) is 0 Å². The Bertz CT molecular complexity index is 1430. The lowest BCUT2D eigenvalue weighted by Gasteiger charge is -2.31. The summed E-state index contributed by atoms with van der Waals surface area (Å²) in [7, 11) is -12.8. The van der Waals surface area contributed by atoms with E-state index in [9.17, 15) is 25.3 Å². The van der Waals surface area contributed by atoms with E-state index in [0.29, 0.717) is 0 Å². The smallest absolute Gasteiger partial charge is 0.266 e. The third kappa shape index (κ3) is 8.71. The summed E-state index contributed by atoms with van der Waals surface area (Å²) in [6.45, 7) is 5.70. The minimum absolute atomic E-state index is 0.0753. The van der Waals surface area contributed by atoms with Crippen LogP contribution in [0.2, 0.25) is 0 Å². The van der Waals surface area contributed by atoms with Crippen LogP contribution in [0.25, 0.3) is 0 Å². The fraction of sp³-hybridized carbons (Fsp3) is 0.400. The maximum Gasteiger partial charge on any atom is 0.296 e. The van der Waals surface area contributed by atoms with E-state index in [-0.39, 0.29) is 21.1 Å². The molecule has 3 aromatic rings. The van der Waals surface area contributed by atoms with Crippen molar-refractivity contribution >= 4 is 30.4 Å². The zero-order chi connectivity index (χ0) is 31.0. The number of benzene rings is 3. The molecule has 3 rings (SSSR count). The third-order valence-corrected chi connectivity index (χ3v) is 11.0. The summed E-state index contributed by atoms with van der Waals surface area (Å²) < 4.78 is 94.2. The third-order valence-electron chi connectivity index (χ3n) is 7.17. The van der Waals surface area contributed by atoms with E-state index in [0.717, 1.165) is 36.0 Å². The van der Waals surface area contributed by atoms with E-state index >= 15 is 0 Å². The molecule has 42 heavy (non-hydrogen) atoms. The van der Waals surface area contributed by atoms with Crippen LogP contribution < -0.4 is 0 Å². The summed E-state index contributed by atoms with van der Waals surface area (Å²) in [6, 6.07) is 18.5. The van der Waals surface area contributed by atoms with Crippen molar-refractivity contribution in [3.8, 4) is 0 Å². The first-order chi connectivity index (χ1) is 19.8. The lowest BCUT2D eigenvalue weighted by molar-refractivity contribution is 0.0364. The van der Waals surface area contributed by atoms with Gasteiger partial charge in [-0.2, -0.15) is 25.3 Å². The Balaban J connectivity index is 1.88. The highest BCUT2D eigenvalue weighted by molar-refractivity contribution is 7.87. The summed E-state index contributed by atoms with van der Waals surface area (Å²) in [5.41, 5.74) is 1.34. The highest BCUT2D eigenvalue weighted by Gasteiger charge is 2.37. The Labute approximate surface area is 250 Å². The minimum Gasteiger partial charge on any atom is -0.266 e. The van der Waals surface area contributed by atoms with Crippen LogP contribution in [0.3, 0.4) is 0 Å². The molecule has 0 bridgehead atoms. The van der Waals surface area contributed by atoms with Crippen LogP contribution >= 0.6 is 0 Å². The average molecular weight is 639 g/mol. The molecule has 230 valence electrons. The second-order valence-electron chi connectivity index (χ2n) is 10.00. The minimum atomic E-state index is -4.27. The largest absolute Gasteiger partial charge is 0.296 e. The Morgan fingerprint density at radius 3 is 0.881 bits per heavy atom. The van der Waals surface area contributed by atoms with Crippen LogP contribution in [0, 0.1) is 5.41 Å². The molecule has 0 unspecified atom stereocenters. The fourth-order valence-corrected chi connectivity index (χ4v) is 6.95. The quantitative estimate of drug-likeness (QED) is 0.192. The van der Waals surface area contributed by atoms with Crippen LogP contribution in [-0.4, -0.2) is 45.1 Å². The molecule has 9 nitrogen and oxygen atoms in total. The molecule has 0 saturated heterocycles. The molecule has 0 fully saturated rings. The maximum absolute atomic E-state index is 13.0. The van der Waals surface area contributed by atoms with Crippen molar-refractivity contribution in [3.63, 3.8) is 0 Å². The summed E-state index contributed by atoms with van der Waals surface area (Å²) in [6.07, 6.45) is 2.24. The van der Waals surface area contributed by atoms with E-state index in [4.69, 9.17) is 12.5 Å². The molecule has 0 aliphatic rings.